The molecule has 10 heteroatoms. The van der Waals surface area contributed by atoms with Gasteiger partial charge in [-0.2, -0.15) is 9.50 Å². The Kier molecular flexibility index (Phi) is 4.30. The molecule has 0 radical (unpaired) electrons. The molecule has 1 spiro atoms. The van der Waals surface area contributed by atoms with Crippen LogP contribution in [0.25, 0.3) is 5.78 Å². The number of likely N-dealkylation sites (tertiary alicyclic amines) is 1. The molecule has 4 rings (SSSR count). The Morgan fingerprint density at radius 3 is 2.81 bits per heavy atom. The van der Waals surface area contributed by atoms with E-state index in [0.717, 1.165) is 0 Å². The molecule has 0 bridgehead atoms. The lowest BCUT2D eigenvalue weighted by Crippen LogP contribution is -2.39. The molecule has 0 saturated carbocycles. The highest BCUT2D eigenvalue weighted by atomic mass is 79.9. The number of H-pyrrole nitrogens is 1. The number of carbonyl (C=O) groups excluding carboxylic acids is 1. The Balaban J connectivity index is 1.64. The summed E-state index contributed by atoms with van der Waals surface area (Å²) in [4.78, 5) is 35.8. The van der Waals surface area contributed by atoms with Gasteiger partial charge < -0.3 is 14.4 Å². The predicted molar refractivity (Wildman–Crippen MR) is 99.4 cm³/mol. The lowest BCUT2D eigenvalue weighted by Gasteiger charge is -2.28. The third-order valence-corrected chi connectivity index (χ3v) is 5.28. The van der Waals surface area contributed by atoms with Crippen molar-refractivity contribution in [3.05, 3.63) is 26.3 Å². The lowest BCUT2D eigenvalue weighted by atomic mass is 9.88. The molecule has 0 aliphatic carbocycles. The van der Waals surface area contributed by atoms with Crippen molar-refractivity contribution < 1.29 is 14.3 Å². The Morgan fingerprint density at radius 1 is 1.30 bits per heavy atom. The summed E-state index contributed by atoms with van der Waals surface area (Å²) in [6, 6.07) is 0. The van der Waals surface area contributed by atoms with Crippen LogP contribution in [0.4, 0.5) is 4.79 Å². The van der Waals surface area contributed by atoms with E-state index in [2.05, 4.69) is 31.0 Å². The zero-order valence-corrected chi connectivity index (χ0v) is 17.1. The standard InChI is InChI=1S/C17H22BrN5O4/c1-16(2,3)27-15(25)22-7-4-5-17(6-8-22)11-10(9-26-17)19-14-20-13(18)21-23(14)12(11)24/h4-9H2,1-3H3,(H,19,20,21). The van der Waals surface area contributed by atoms with Crippen molar-refractivity contribution >= 4 is 27.8 Å². The minimum absolute atomic E-state index is 0.198. The maximum Gasteiger partial charge on any atom is 0.410 e. The average Bonchev–Trinajstić information content (AvgIpc) is 3.01. The summed E-state index contributed by atoms with van der Waals surface area (Å²) in [5, 5.41) is 2.85. The van der Waals surface area contributed by atoms with Gasteiger partial charge in [-0.05, 0) is 56.0 Å². The largest absolute Gasteiger partial charge is 0.444 e. The Hall–Kier alpha value is -1.94. The van der Waals surface area contributed by atoms with Crippen LogP contribution in [0.3, 0.4) is 0 Å². The van der Waals surface area contributed by atoms with Gasteiger partial charge in [-0.1, -0.05) is 0 Å². The average molecular weight is 440 g/mol. The minimum atomic E-state index is -0.727. The molecule has 9 nitrogen and oxygen atoms in total. The molecule has 2 aliphatic heterocycles. The molecule has 1 unspecified atom stereocenters. The van der Waals surface area contributed by atoms with Crippen LogP contribution >= 0.6 is 15.9 Å². The topological polar surface area (TPSA) is 102 Å². The van der Waals surface area contributed by atoms with Crippen molar-refractivity contribution in [2.45, 2.75) is 57.8 Å². The quantitative estimate of drug-likeness (QED) is 0.675. The Labute approximate surface area is 164 Å². The van der Waals surface area contributed by atoms with Crippen LogP contribution in [-0.2, 0) is 21.7 Å². The molecule has 2 aromatic heterocycles. The number of fused-ring (bicyclic) bond motifs is 3. The summed E-state index contributed by atoms with van der Waals surface area (Å²) in [6.07, 6.45) is 1.56. The van der Waals surface area contributed by atoms with Gasteiger partial charge in [-0.3, -0.25) is 9.89 Å². The third kappa shape index (κ3) is 3.25. The zero-order chi connectivity index (χ0) is 19.4. The fourth-order valence-corrected chi connectivity index (χ4v) is 4.12. The van der Waals surface area contributed by atoms with Gasteiger partial charge in [-0.15, -0.1) is 0 Å². The second-order valence-electron chi connectivity index (χ2n) is 7.99. The number of hydrogen-bond donors (Lipinski definition) is 1. The molecule has 2 aromatic rings. The molecule has 2 aliphatic rings. The number of aromatic amines is 1. The van der Waals surface area contributed by atoms with E-state index in [0.29, 0.717) is 54.1 Å². The van der Waals surface area contributed by atoms with Crippen LogP contribution in [0.15, 0.2) is 9.53 Å². The van der Waals surface area contributed by atoms with Gasteiger partial charge in [0.2, 0.25) is 0 Å². The summed E-state index contributed by atoms with van der Waals surface area (Å²) >= 11 is 3.24. The van der Waals surface area contributed by atoms with Crippen molar-refractivity contribution in [1.29, 1.82) is 0 Å². The number of aromatic nitrogens is 4. The SMILES string of the molecule is CC(C)(C)OC(=O)N1CCCC2(CC1)OCc1nc3nc(Br)[nH]n3c(=O)c12. The van der Waals surface area contributed by atoms with Crippen molar-refractivity contribution in [3.63, 3.8) is 0 Å². The summed E-state index contributed by atoms with van der Waals surface area (Å²) in [5.74, 6) is 0.315. The fourth-order valence-electron chi connectivity index (χ4n) is 3.79. The maximum atomic E-state index is 13.1. The molecule has 1 amide bonds. The van der Waals surface area contributed by atoms with Crippen LogP contribution in [0.2, 0.25) is 0 Å². The second kappa shape index (κ2) is 6.30. The summed E-state index contributed by atoms with van der Waals surface area (Å²) in [5.41, 5.74) is -0.266. The first-order valence-electron chi connectivity index (χ1n) is 8.98. The molecule has 1 N–H and O–H groups in total. The number of hydrogen-bond acceptors (Lipinski definition) is 6. The molecule has 4 heterocycles. The van der Waals surface area contributed by atoms with E-state index in [9.17, 15) is 9.59 Å². The zero-order valence-electron chi connectivity index (χ0n) is 15.5. The Morgan fingerprint density at radius 2 is 2.07 bits per heavy atom. The smallest absolute Gasteiger partial charge is 0.410 e. The van der Waals surface area contributed by atoms with Crippen LogP contribution in [0.5, 0.6) is 0 Å². The van der Waals surface area contributed by atoms with E-state index < -0.39 is 11.2 Å². The van der Waals surface area contributed by atoms with Gasteiger partial charge >= 0.3 is 6.09 Å². The van der Waals surface area contributed by atoms with Crippen LogP contribution in [-0.4, -0.2) is 49.3 Å². The van der Waals surface area contributed by atoms with Crippen LogP contribution < -0.4 is 5.56 Å². The fraction of sp³-hybridized carbons (Fsp3) is 0.647. The molecule has 27 heavy (non-hydrogen) atoms. The number of nitrogens with zero attached hydrogens (tertiary/aromatic N) is 4. The highest BCUT2D eigenvalue weighted by Gasteiger charge is 2.45. The molecular weight excluding hydrogens is 418 g/mol. The predicted octanol–water partition coefficient (Wildman–Crippen LogP) is 2.33. The minimum Gasteiger partial charge on any atom is -0.444 e. The number of amides is 1. The first-order valence-corrected chi connectivity index (χ1v) is 9.77. The van der Waals surface area contributed by atoms with E-state index in [-0.39, 0.29) is 18.3 Å². The number of ether oxygens (including phenoxy) is 2. The maximum absolute atomic E-state index is 13.1. The highest BCUT2D eigenvalue weighted by Crippen LogP contribution is 2.42. The molecule has 0 aromatic carbocycles. The number of halogens is 1. The lowest BCUT2D eigenvalue weighted by molar-refractivity contribution is -0.0499. The van der Waals surface area contributed by atoms with Gasteiger partial charge in [0.1, 0.15) is 11.2 Å². The number of rotatable bonds is 0. The first kappa shape index (κ1) is 18.4. The Bertz CT molecular complexity index is 963. The van der Waals surface area contributed by atoms with Crippen LogP contribution in [0.1, 0.15) is 51.3 Å². The number of nitrogens with one attached hydrogen (secondary N) is 1. The summed E-state index contributed by atoms with van der Waals surface area (Å²) < 4.78 is 13.4. The van der Waals surface area contributed by atoms with Crippen molar-refractivity contribution in [1.82, 2.24) is 24.5 Å². The van der Waals surface area contributed by atoms with E-state index in [4.69, 9.17) is 9.47 Å². The normalized spacial score (nSPS) is 22.9. The highest BCUT2D eigenvalue weighted by molar-refractivity contribution is 9.10. The molecule has 1 saturated heterocycles. The summed E-state index contributed by atoms with van der Waals surface area (Å²) in [7, 11) is 0. The van der Waals surface area contributed by atoms with E-state index in [1.807, 2.05) is 20.8 Å². The van der Waals surface area contributed by atoms with Gasteiger partial charge in [0.15, 0.2) is 4.73 Å². The van der Waals surface area contributed by atoms with Crippen molar-refractivity contribution in [2.24, 2.45) is 0 Å². The third-order valence-electron chi connectivity index (χ3n) is 4.93. The van der Waals surface area contributed by atoms with Gasteiger partial charge in [0, 0.05) is 13.1 Å². The number of carbonyl (C=O) groups is 1. The van der Waals surface area contributed by atoms with Crippen molar-refractivity contribution in [3.8, 4) is 0 Å². The van der Waals surface area contributed by atoms with Crippen LogP contribution in [0, 0.1) is 0 Å². The summed E-state index contributed by atoms with van der Waals surface area (Å²) in [6.45, 7) is 6.85. The molecule has 1 atom stereocenters. The van der Waals surface area contributed by atoms with E-state index in [1.54, 1.807) is 4.90 Å². The van der Waals surface area contributed by atoms with E-state index >= 15 is 0 Å². The van der Waals surface area contributed by atoms with Gasteiger partial charge in [0.25, 0.3) is 11.3 Å². The van der Waals surface area contributed by atoms with Gasteiger partial charge in [-0.25, -0.2) is 9.78 Å². The molecule has 1 fully saturated rings. The second-order valence-corrected chi connectivity index (χ2v) is 8.74. The van der Waals surface area contributed by atoms with Gasteiger partial charge in [0.05, 0.1) is 17.9 Å². The van der Waals surface area contributed by atoms with Crippen molar-refractivity contribution in [2.75, 3.05) is 13.1 Å². The first-order chi connectivity index (χ1) is 12.7. The molecular formula is C17H22BrN5O4. The monoisotopic (exact) mass is 439 g/mol. The molecule has 146 valence electrons. The van der Waals surface area contributed by atoms with E-state index in [1.165, 1.54) is 4.52 Å².